The van der Waals surface area contributed by atoms with Gasteiger partial charge in [0.05, 0.1) is 5.69 Å². The van der Waals surface area contributed by atoms with Crippen LogP contribution in [0, 0.1) is 0 Å². The van der Waals surface area contributed by atoms with Crippen LogP contribution < -0.4 is 0 Å². The minimum absolute atomic E-state index is 0.701. The van der Waals surface area contributed by atoms with Crippen LogP contribution in [-0.2, 0) is 13.0 Å². The molecule has 3 rings (SSSR count). The smallest absolute Gasteiger partial charge is 0.235 e. The van der Waals surface area contributed by atoms with E-state index in [0.717, 1.165) is 25.2 Å². The second kappa shape index (κ2) is 3.68. The topological polar surface area (TPSA) is 46.8 Å². The molecule has 0 saturated heterocycles. The highest BCUT2D eigenvalue weighted by Crippen LogP contribution is 2.15. The molecule has 0 radical (unpaired) electrons. The Balaban J connectivity index is 2.01. The molecule has 2 aromatic rings. The Morgan fingerprint density at radius 3 is 3.12 bits per heavy atom. The van der Waals surface area contributed by atoms with Gasteiger partial charge in [-0.2, -0.15) is 0 Å². The number of hydrogen-bond acceptors (Lipinski definition) is 4. The lowest BCUT2D eigenvalue weighted by molar-refractivity contribution is 0.306. The van der Waals surface area contributed by atoms with Gasteiger partial charge in [0.2, 0.25) is 5.95 Å². The highest BCUT2D eigenvalue weighted by atomic mass is 15.2. The van der Waals surface area contributed by atoms with Crippen molar-refractivity contribution in [3.05, 3.63) is 36.2 Å². The lowest BCUT2D eigenvalue weighted by Crippen LogP contribution is -2.28. The number of hydrogen-bond donors (Lipinski definition) is 0. The Labute approximate surface area is 93.8 Å². The molecule has 1 aliphatic rings. The maximum Gasteiger partial charge on any atom is 0.235 e. The molecule has 16 heavy (non-hydrogen) atoms. The first-order chi connectivity index (χ1) is 7.83. The minimum Gasteiger partial charge on any atom is -0.300 e. The van der Waals surface area contributed by atoms with Gasteiger partial charge in [-0.1, -0.05) is 0 Å². The molecule has 5 heteroatoms. The lowest BCUT2D eigenvalue weighted by atomic mass is 10.1. The van der Waals surface area contributed by atoms with Crippen LogP contribution in [0.4, 0.5) is 0 Å². The van der Waals surface area contributed by atoms with E-state index in [1.54, 1.807) is 12.5 Å². The van der Waals surface area contributed by atoms with Crippen molar-refractivity contribution < 1.29 is 0 Å². The third kappa shape index (κ3) is 1.59. The number of likely N-dealkylation sites (N-methyl/N-ethyl adjacent to an activating group) is 1. The maximum absolute atomic E-state index is 4.58. The van der Waals surface area contributed by atoms with Crippen molar-refractivity contribution in [3.8, 4) is 5.95 Å². The molecule has 0 bridgehead atoms. The molecule has 0 fully saturated rings. The predicted octanol–water partition coefficient (Wildman–Crippen LogP) is 0.650. The van der Waals surface area contributed by atoms with Crippen LogP contribution in [0.2, 0.25) is 0 Å². The van der Waals surface area contributed by atoms with E-state index >= 15 is 0 Å². The lowest BCUT2D eigenvalue weighted by Gasteiger charge is -2.23. The van der Waals surface area contributed by atoms with Gasteiger partial charge in [-0.3, -0.25) is 4.57 Å². The average molecular weight is 215 g/mol. The van der Waals surface area contributed by atoms with Gasteiger partial charge < -0.3 is 4.90 Å². The summed E-state index contributed by atoms with van der Waals surface area (Å²) in [5, 5.41) is 0. The quantitative estimate of drug-likeness (QED) is 0.700. The predicted molar refractivity (Wildman–Crippen MR) is 59.2 cm³/mol. The van der Waals surface area contributed by atoms with E-state index in [4.69, 9.17) is 0 Å². The molecular formula is C11H13N5. The summed E-state index contributed by atoms with van der Waals surface area (Å²) in [4.78, 5) is 15.2. The summed E-state index contributed by atoms with van der Waals surface area (Å²) in [6.45, 7) is 1.99. The molecule has 0 amide bonds. The van der Waals surface area contributed by atoms with Gasteiger partial charge >= 0.3 is 0 Å². The van der Waals surface area contributed by atoms with Gasteiger partial charge in [-0.05, 0) is 19.0 Å². The zero-order valence-corrected chi connectivity index (χ0v) is 9.17. The van der Waals surface area contributed by atoms with Crippen molar-refractivity contribution >= 4 is 0 Å². The van der Waals surface area contributed by atoms with Gasteiger partial charge in [0.1, 0.15) is 6.33 Å². The molecule has 2 aromatic heterocycles. The molecule has 1 aliphatic heterocycles. The van der Waals surface area contributed by atoms with E-state index in [1.807, 2.05) is 17.0 Å². The molecule has 0 N–H and O–H groups in total. The molecule has 0 atom stereocenters. The second-order valence-corrected chi connectivity index (χ2v) is 4.10. The van der Waals surface area contributed by atoms with Gasteiger partial charge in [-0.15, -0.1) is 0 Å². The van der Waals surface area contributed by atoms with Gasteiger partial charge in [0, 0.05) is 31.7 Å². The molecule has 82 valence electrons. The van der Waals surface area contributed by atoms with Crippen molar-refractivity contribution in [3.63, 3.8) is 0 Å². The summed E-state index contributed by atoms with van der Waals surface area (Å²) in [5.74, 6) is 0.701. The van der Waals surface area contributed by atoms with Crippen LogP contribution in [0.5, 0.6) is 0 Å². The Bertz CT molecular complexity index is 491. The number of fused-ring (bicyclic) bond motifs is 1. The highest BCUT2D eigenvalue weighted by molar-refractivity contribution is 5.24. The van der Waals surface area contributed by atoms with Crippen LogP contribution in [0.1, 0.15) is 11.3 Å². The largest absolute Gasteiger partial charge is 0.300 e. The summed E-state index contributed by atoms with van der Waals surface area (Å²) in [5.41, 5.74) is 2.40. The average Bonchev–Trinajstić information content (AvgIpc) is 2.81. The van der Waals surface area contributed by atoms with Crippen LogP contribution >= 0.6 is 0 Å². The molecule has 0 aliphatic carbocycles. The van der Waals surface area contributed by atoms with E-state index in [2.05, 4.69) is 26.9 Å². The summed E-state index contributed by atoms with van der Waals surface area (Å²) in [7, 11) is 2.11. The van der Waals surface area contributed by atoms with Crippen LogP contribution in [0.3, 0.4) is 0 Å². The Morgan fingerprint density at radius 2 is 2.31 bits per heavy atom. The molecular weight excluding hydrogens is 202 g/mol. The molecule has 0 saturated carbocycles. The third-order valence-corrected chi connectivity index (χ3v) is 2.86. The standard InChI is InChI=1S/C11H13N5/c1-15-4-2-9-6-13-11(14-10(9)7-15)16-5-3-12-8-16/h3,5-6,8H,2,4,7H2,1H3. The fourth-order valence-corrected chi connectivity index (χ4v) is 1.93. The molecule has 3 heterocycles. The number of nitrogens with zero attached hydrogens (tertiary/aromatic N) is 5. The van der Waals surface area contributed by atoms with Crippen molar-refractivity contribution in [2.24, 2.45) is 0 Å². The molecule has 0 unspecified atom stereocenters. The summed E-state index contributed by atoms with van der Waals surface area (Å²) < 4.78 is 1.83. The highest BCUT2D eigenvalue weighted by Gasteiger charge is 2.15. The summed E-state index contributed by atoms with van der Waals surface area (Å²) in [6.07, 6.45) is 8.28. The van der Waals surface area contributed by atoms with E-state index in [0.29, 0.717) is 5.95 Å². The minimum atomic E-state index is 0.701. The van der Waals surface area contributed by atoms with Crippen LogP contribution in [0.25, 0.3) is 5.95 Å². The van der Waals surface area contributed by atoms with E-state index in [1.165, 1.54) is 5.56 Å². The van der Waals surface area contributed by atoms with Crippen molar-refractivity contribution in [2.75, 3.05) is 13.6 Å². The molecule has 5 nitrogen and oxygen atoms in total. The summed E-state index contributed by atoms with van der Waals surface area (Å²) >= 11 is 0. The number of imidazole rings is 1. The van der Waals surface area contributed by atoms with E-state index < -0.39 is 0 Å². The fourth-order valence-electron chi connectivity index (χ4n) is 1.93. The monoisotopic (exact) mass is 215 g/mol. The first-order valence-corrected chi connectivity index (χ1v) is 5.34. The summed E-state index contributed by atoms with van der Waals surface area (Å²) in [6, 6.07) is 0. The number of aromatic nitrogens is 4. The zero-order chi connectivity index (χ0) is 11.0. The Kier molecular flexibility index (Phi) is 2.18. The molecule has 0 aromatic carbocycles. The first kappa shape index (κ1) is 9.47. The zero-order valence-electron chi connectivity index (χ0n) is 9.17. The Morgan fingerprint density at radius 1 is 1.38 bits per heavy atom. The SMILES string of the molecule is CN1CCc2cnc(-n3ccnc3)nc2C1. The van der Waals surface area contributed by atoms with Crippen molar-refractivity contribution in [2.45, 2.75) is 13.0 Å². The van der Waals surface area contributed by atoms with Crippen molar-refractivity contribution in [1.82, 2.24) is 24.4 Å². The van der Waals surface area contributed by atoms with E-state index in [9.17, 15) is 0 Å². The molecule has 0 spiro atoms. The normalized spacial score (nSPS) is 16.1. The van der Waals surface area contributed by atoms with Gasteiger partial charge in [0.15, 0.2) is 0 Å². The van der Waals surface area contributed by atoms with E-state index in [-0.39, 0.29) is 0 Å². The Hall–Kier alpha value is -1.75. The van der Waals surface area contributed by atoms with Gasteiger partial charge in [-0.25, -0.2) is 15.0 Å². The van der Waals surface area contributed by atoms with Crippen LogP contribution in [-0.4, -0.2) is 38.0 Å². The van der Waals surface area contributed by atoms with Crippen LogP contribution in [0.15, 0.2) is 24.9 Å². The second-order valence-electron chi connectivity index (χ2n) is 4.10. The first-order valence-electron chi connectivity index (χ1n) is 5.34. The fraction of sp³-hybridized carbons (Fsp3) is 0.364. The third-order valence-electron chi connectivity index (χ3n) is 2.86. The number of rotatable bonds is 1. The van der Waals surface area contributed by atoms with Gasteiger partial charge in [0.25, 0.3) is 0 Å². The van der Waals surface area contributed by atoms with Crippen molar-refractivity contribution in [1.29, 1.82) is 0 Å². The maximum atomic E-state index is 4.58.